The van der Waals surface area contributed by atoms with Crippen molar-refractivity contribution in [2.24, 2.45) is 11.7 Å². The highest BCUT2D eigenvalue weighted by Crippen LogP contribution is 2.25. The number of ether oxygens (including phenoxy) is 1. The third-order valence-corrected chi connectivity index (χ3v) is 5.23. The summed E-state index contributed by atoms with van der Waals surface area (Å²) in [5, 5.41) is 32.4. The summed E-state index contributed by atoms with van der Waals surface area (Å²) < 4.78 is 5.80. The Labute approximate surface area is 215 Å². The Hall–Kier alpha value is -2.89. The van der Waals surface area contributed by atoms with Gasteiger partial charge in [-0.3, -0.25) is 19.2 Å². The fourth-order valence-electron chi connectivity index (χ4n) is 3.11. The fraction of sp³-hybridized carbons (Fsp3) is 0.583. The molecule has 11 nitrogen and oxygen atoms in total. The molecule has 1 aromatic carbocycles. The molecule has 36 heavy (non-hydrogen) atoms. The van der Waals surface area contributed by atoms with Gasteiger partial charge in [-0.1, -0.05) is 18.5 Å². The first-order valence-corrected chi connectivity index (χ1v) is 12.1. The van der Waals surface area contributed by atoms with Crippen LogP contribution in [0.25, 0.3) is 0 Å². The van der Waals surface area contributed by atoms with Crippen molar-refractivity contribution in [1.29, 1.82) is 0 Å². The number of benzene rings is 1. The Morgan fingerprint density at radius 3 is 1.94 bits per heavy atom. The second-order valence-electron chi connectivity index (χ2n) is 8.12. The van der Waals surface area contributed by atoms with Gasteiger partial charge in [-0.25, -0.2) is 0 Å². The van der Waals surface area contributed by atoms with E-state index in [0.29, 0.717) is 5.92 Å². The first-order chi connectivity index (χ1) is 17.0. The van der Waals surface area contributed by atoms with Gasteiger partial charge in [-0.2, -0.15) is 0 Å². The average molecular weight is 533 g/mol. The molecule has 204 valence electrons. The van der Waals surface area contributed by atoms with Crippen molar-refractivity contribution >= 4 is 35.5 Å². The Kier molecular flexibility index (Phi) is 17.8. The number of hydrogen-bond acceptors (Lipinski definition) is 7. The predicted octanol–water partition coefficient (Wildman–Crippen LogP) is 2.82. The van der Waals surface area contributed by atoms with Crippen LogP contribution >= 0.6 is 11.6 Å². The summed E-state index contributed by atoms with van der Waals surface area (Å²) in [6, 6.07) is 5.92. The first kappa shape index (κ1) is 33.1. The minimum atomic E-state index is -1.08. The second-order valence-corrected chi connectivity index (χ2v) is 8.55. The second kappa shape index (κ2) is 19.3. The van der Waals surface area contributed by atoms with Gasteiger partial charge in [0.2, 0.25) is 0 Å². The number of nitrogens with zero attached hydrogens (tertiary/aromatic N) is 1. The van der Waals surface area contributed by atoms with Crippen molar-refractivity contribution in [3.05, 3.63) is 28.8 Å². The fourth-order valence-corrected chi connectivity index (χ4v) is 3.31. The SMILES string of the molecule is CCCOc1ccc(Cl)cc1CCN1CC[C@@H](CN)C1.O=C(O)CCC(=O)O.O=C(O)CCC(=O)O. The molecule has 0 amide bonds. The lowest BCUT2D eigenvalue weighted by atomic mass is 10.1. The maximum atomic E-state index is 9.64. The minimum absolute atomic E-state index is 0.296. The van der Waals surface area contributed by atoms with Gasteiger partial charge in [0.05, 0.1) is 32.3 Å². The molecular weight excluding hydrogens is 496 g/mol. The van der Waals surface area contributed by atoms with E-state index in [0.717, 1.165) is 56.4 Å². The minimum Gasteiger partial charge on any atom is -0.493 e. The molecule has 1 saturated heterocycles. The summed E-state index contributed by atoms with van der Waals surface area (Å²) in [5.41, 5.74) is 6.95. The predicted molar refractivity (Wildman–Crippen MR) is 134 cm³/mol. The lowest BCUT2D eigenvalue weighted by molar-refractivity contribution is -0.143. The van der Waals surface area contributed by atoms with E-state index in [2.05, 4.69) is 11.8 Å². The Balaban J connectivity index is 0.000000634. The number of aliphatic carboxylic acids is 4. The normalized spacial score (nSPS) is 14.6. The maximum absolute atomic E-state index is 9.64. The zero-order valence-electron chi connectivity index (χ0n) is 20.5. The van der Waals surface area contributed by atoms with Gasteiger partial charge in [0.15, 0.2) is 0 Å². The van der Waals surface area contributed by atoms with Crippen LogP contribution in [0.3, 0.4) is 0 Å². The highest BCUT2D eigenvalue weighted by molar-refractivity contribution is 6.30. The molecule has 2 rings (SSSR count). The number of nitrogens with two attached hydrogens (primary N) is 1. The maximum Gasteiger partial charge on any atom is 0.303 e. The van der Waals surface area contributed by atoms with Crippen LogP contribution in [0.2, 0.25) is 5.02 Å². The van der Waals surface area contributed by atoms with Gasteiger partial charge in [-0.15, -0.1) is 0 Å². The summed E-state index contributed by atoms with van der Waals surface area (Å²) in [5.74, 6) is -2.66. The van der Waals surface area contributed by atoms with E-state index in [9.17, 15) is 19.2 Å². The number of carbonyl (C=O) groups is 4. The summed E-state index contributed by atoms with van der Waals surface area (Å²) in [4.78, 5) is 41.0. The molecule has 0 aromatic heterocycles. The number of hydrogen-bond donors (Lipinski definition) is 5. The zero-order chi connectivity index (χ0) is 27.5. The van der Waals surface area contributed by atoms with E-state index in [4.69, 9.17) is 42.5 Å². The van der Waals surface area contributed by atoms with Gasteiger partial charge < -0.3 is 35.8 Å². The first-order valence-electron chi connectivity index (χ1n) is 11.7. The zero-order valence-corrected chi connectivity index (χ0v) is 21.3. The molecule has 1 heterocycles. The van der Waals surface area contributed by atoms with E-state index in [-0.39, 0.29) is 25.7 Å². The lowest BCUT2D eigenvalue weighted by Crippen LogP contribution is -2.25. The van der Waals surface area contributed by atoms with Crippen LogP contribution in [-0.4, -0.2) is 82.0 Å². The Morgan fingerprint density at radius 2 is 1.53 bits per heavy atom. The van der Waals surface area contributed by atoms with E-state index >= 15 is 0 Å². The topological polar surface area (TPSA) is 188 Å². The summed E-state index contributed by atoms with van der Waals surface area (Å²) in [6.07, 6.45) is 2.05. The molecule has 1 atom stereocenters. The van der Waals surface area contributed by atoms with E-state index in [1.807, 2.05) is 18.2 Å². The Morgan fingerprint density at radius 1 is 1.00 bits per heavy atom. The molecule has 0 bridgehead atoms. The quantitative estimate of drug-likeness (QED) is 0.251. The van der Waals surface area contributed by atoms with Crippen molar-refractivity contribution in [2.45, 2.75) is 51.9 Å². The molecule has 1 aliphatic heterocycles. The van der Waals surface area contributed by atoms with E-state index in [1.54, 1.807) is 0 Å². The van der Waals surface area contributed by atoms with Crippen molar-refractivity contribution in [3.8, 4) is 5.75 Å². The van der Waals surface area contributed by atoms with Crippen molar-refractivity contribution in [2.75, 3.05) is 32.8 Å². The number of halogens is 1. The monoisotopic (exact) mass is 532 g/mol. The van der Waals surface area contributed by atoms with Crippen LogP contribution in [0.15, 0.2) is 18.2 Å². The van der Waals surface area contributed by atoms with Gasteiger partial charge >= 0.3 is 23.9 Å². The summed E-state index contributed by atoms with van der Waals surface area (Å²) >= 11 is 6.11. The Bertz CT molecular complexity index is 780. The summed E-state index contributed by atoms with van der Waals surface area (Å²) in [6.45, 7) is 7.02. The van der Waals surface area contributed by atoms with Gasteiger partial charge in [0, 0.05) is 18.1 Å². The number of carboxylic acid groups (broad SMARTS) is 4. The van der Waals surface area contributed by atoms with Gasteiger partial charge in [0.25, 0.3) is 0 Å². The van der Waals surface area contributed by atoms with Crippen LogP contribution < -0.4 is 10.5 Å². The molecule has 0 saturated carbocycles. The third-order valence-electron chi connectivity index (χ3n) is 4.99. The largest absolute Gasteiger partial charge is 0.493 e. The third kappa shape index (κ3) is 17.5. The standard InChI is InChI=1S/C16H25ClN2O.2C4H6O4/c1-2-9-20-16-4-3-15(17)10-14(16)6-8-19-7-5-13(11-18)12-19;2*5-3(6)1-2-4(7)8/h3-4,10,13H,2,5-9,11-12,18H2,1H3;2*1-2H2,(H,5,6)(H,7,8)/t13-;;/m0../s1. The van der Waals surface area contributed by atoms with Crippen LogP contribution in [0.1, 0.15) is 51.0 Å². The average Bonchev–Trinajstić information content (AvgIpc) is 3.28. The number of rotatable bonds is 13. The molecule has 0 unspecified atom stereocenters. The molecule has 12 heteroatoms. The van der Waals surface area contributed by atoms with Crippen molar-refractivity contribution in [3.63, 3.8) is 0 Å². The lowest BCUT2D eigenvalue weighted by Gasteiger charge is -2.17. The van der Waals surface area contributed by atoms with Crippen LogP contribution in [0, 0.1) is 5.92 Å². The molecule has 1 fully saturated rings. The molecule has 0 radical (unpaired) electrons. The van der Waals surface area contributed by atoms with Crippen molar-refractivity contribution < 1.29 is 44.3 Å². The number of likely N-dealkylation sites (tertiary alicyclic amines) is 1. The molecule has 1 aliphatic rings. The van der Waals surface area contributed by atoms with Gasteiger partial charge in [-0.05, 0) is 62.0 Å². The van der Waals surface area contributed by atoms with E-state index < -0.39 is 23.9 Å². The molecule has 0 aliphatic carbocycles. The smallest absolute Gasteiger partial charge is 0.303 e. The summed E-state index contributed by atoms with van der Waals surface area (Å²) in [7, 11) is 0. The van der Waals surface area contributed by atoms with Gasteiger partial charge in [0.1, 0.15) is 5.75 Å². The molecule has 0 spiro atoms. The highest BCUT2D eigenvalue weighted by Gasteiger charge is 2.21. The van der Waals surface area contributed by atoms with Crippen LogP contribution in [0.5, 0.6) is 5.75 Å². The number of carboxylic acids is 4. The van der Waals surface area contributed by atoms with Crippen molar-refractivity contribution in [1.82, 2.24) is 4.90 Å². The molecule has 6 N–H and O–H groups in total. The highest BCUT2D eigenvalue weighted by atomic mass is 35.5. The molecule has 1 aromatic rings. The van der Waals surface area contributed by atoms with Crippen LogP contribution in [-0.2, 0) is 25.6 Å². The van der Waals surface area contributed by atoms with Crippen LogP contribution in [0.4, 0.5) is 0 Å². The van der Waals surface area contributed by atoms with E-state index in [1.165, 1.54) is 12.0 Å². The molecular formula is C24H37ClN2O9.